The Kier molecular flexibility index (Phi) is 4.80. The fourth-order valence-corrected chi connectivity index (χ4v) is 2.70. The first-order chi connectivity index (χ1) is 11.9. The third kappa shape index (κ3) is 4.42. The second-order valence-electron chi connectivity index (χ2n) is 5.95. The zero-order chi connectivity index (χ0) is 17.9. The Morgan fingerprint density at radius 3 is 2.40 bits per heavy atom. The van der Waals surface area contributed by atoms with Crippen molar-refractivity contribution in [3.63, 3.8) is 0 Å². The van der Waals surface area contributed by atoms with Crippen LogP contribution in [0, 0.1) is 17.8 Å². The van der Waals surface area contributed by atoms with Gasteiger partial charge in [-0.15, -0.1) is 0 Å². The molecule has 2 unspecified atom stereocenters. The van der Waals surface area contributed by atoms with Crippen LogP contribution in [0.15, 0.2) is 54.6 Å². The second kappa shape index (κ2) is 7.02. The normalized spacial score (nSPS) is 18.8. The predicted octanol–water partition coefficient (Wildman–Crippen LogP) is 3.98. The van der Waals surface area contributed by atoms with Crippen molar-refractivity contribution < 1.29 is 18.0 Å². The molecule has 1 amide bonds. The number of carbonyl (C=O) groups excluding carboxylic acids is 1. The Labute approximate surface area is 144 Å². The highest BCUT2D eigenvalue weighted by Crippen LogP contribution is 2.47. The summed E-state index contributed by atoms with van der Waals surface area (Å²) in [6, 6.07) is 14.5. The van der Waals surface area contributed by atoms with Crippen molar-refractivity contribution in [2.45, 2.75) is 18.5 Å². The van der Waals surface area contributed by atoms with E-state index >= 15 is 0 Å². The van der Waals surface area contributed by atoms with E-state index in [1.165, 1.54) is 12.1 Å². The van der Waals surface area contributed by atoms with Gasteiger partial charge in [-0.2, -0.15) is 13.2 Å². The SMILES string of the molecule is O=C(NCC#Cc1ccccc1)C1CC1c1ccc(C(F)(F)F)cc1. The summed E-state index contributed by atoms with van der Waals surface area (Å²) in [5, 5.41) is 2.76. The van der Waals surface area contributed by atoms with Gasteiger partial charge in [0.25, 0.3) is 0 Å². The zero-order valence-corrected chi connectivity index (χ0v) is 13.3. The molecular formula is C20H16F3NO. The molecular weight excluding hydrogens is 327 g/mol. The molecule has 0 aliphatic heterocycles. The molecule has 2 atom stereocenters. The maximum atomic E-state index is 12.6. The average molecular weight is 343 g/mol. The highest BCUT2D eigenvalue weighted by Gasteiger charge is 2.44. The summed E-state index contributed by atoms with van der Waals surface area (Å²) >= 11 is 0. The van der Waals surface area contributed by atoms with Gasteiger partial charge in [0.05, 0.1) is 12.1 Å². The molecule has 1 N–H and O–H groups in total. The molecule has 1 fully saturated rings. The molecule has 2 aromatic rings. The van der Waals surface area contributed by atoms with Crippen molar-refractivity contribution in [3.8, 4) is 11.8 Å². The van der Waals surface area contributed by atoms with Gasteiger partial charge in [0, 0.05) is 11.5 Å². The van der Waals surface area contributed by atoms with E-state index in [0.717, 1.165) is 23.3 Å². The van der Waals surface area contributed by atoms with Crippen molar-refractivity contribution in [1.82, 2.24) is 5.32 Å². The van der Waals surface area contributed by atoms with Gasteiger partial charge < -0.3 is 5.32 Å². The minimum atomic E-state index is -4.34. The van der Waals surface area contributed by atoms with Crippen LogP contribution in [0.5, 0.6) is 0 Å². The zero-order valence-electron chi connectivity index (χ0n) is 13.3. The summed E-state index contributed by atoms with van der Waals surface area (Å²) in [4.78, 5) is 12.1. The van der Waals surface area contributed by atoms with E-state index in [0.29, 0.717) is 6.42 Å². The number of hydrogen-bond donors (Lipinski definition) is 1. The van der Waals surface area contributed by atoms with Gasteiger partial charge in [-0.1, -0.05) is 42.2 Å². The summed E-state index contributed by atoms with van der Waals surface area (Å²) in [7, 11) is 0. The van der Waals surface area contributed by atoms with Gasteiger partial charge in [-0.25, -0.2) is 0 Å². The van der Waals surface area contributed by atoms with E-state index in [1.807, 2.05) is 30.3 Å². The minimum Gasteiger partial charge on any atom is -0.345 e. The van der Waals surface area contributed by atoms with Crippen molar-refractivity contribution in [1.29, 1.82) is 0 Å². The predicted molar refractivity (Wildman–Crippen MR) is 88.6 cm³/mol. The van der Waals surface area contributed by atoms with Crippen LogP contribution in [0.4, 0.5) is 13.2 Å². The van der Waals surface area contributed by atoms with Crippen LogP contribution in [0.25, 0.3) is 0 Å². The Hall–Kier alpha value is -2.74. The molecule has 0 aromatic heterocycles. The molecule has 1 aliphatic rings. The number of benzene rings is 2. The molecule has 2 nitrogen and oxygen atoms in total. The summed E-state index contributed by atoms with van der Waals surface area (Å²) in [6.07, 6.45) is -3.68. The van der Waals surface area contributed by atoms with Gasteiger partial charge in [0.15, 0.2) is 0 Å². The third-order valence-electron chi connectivity index (χ3n) is 4.15. The first kappa shape index (κ1) is 17.1. The molecule has 0 saturated heterocycles. The van der Waals surface area contributed by atoms with E-state index in [-0.39, 0.29) is 24.3 Å². The van der Waals surface area contributed by atoms with Crippen LogP contribution in [-0.4, -0.2) is 12.5 Å². The molecule has 0 radical (unpaired) electrons. The maximum Gasteiger partial charge on any atom is 0.416 e. The number of hydrogen-bond acceptors (Lipinski definition) is 1. The number of nitrogens with one attached hydrogen (secondary N) is 1. The topological polar surface area (TPSA) is 29.1 Å². The minimum absolute atomic E-state index is 0.00985. The Morgan fingerprint density at radius 1 is 1.08 bits per heavy atom. The monoisotopic (exact) mass is 343 g/mol. The highest BCUT2D eigenvalue weighted by atomic mass is 19.4. The maximum absolute atomic E-state index is 12.6. The van der Waals surface area contributed by atoms with Crippen LogP contribution in [0.1, 0.15) is 29.0 Å². The van der Waals surface area contributed by atoms with Gasteiger partial charge >= 0.3 is 6.18 Å². The Morgan fingerprint density at radius 2 is 1.76 bits per heavy atom. The summed E-state index contributed by atoms with van der Waals surface area (Å²) in [5.74, 6) is 5.54. The molecule has 0 bridgehead atoms. The molecule has 0 spiro atoms. The van der Waals surface area contributed by atoms with Crippen molar-refractivity contribution >= 4 is 5.91 Å². The molecule has 2 aromatic carbocycles. The molecule has 3 rings (SSSR count). The molecule has 0 heterocycles. The van der Waals surface area contributed by atoms with Crippen molar-refractivity contribution in [2.24, 2.45) is 5.92 Å². The lowest BCUT2D eigenvalue weighted by atomic mass is 10.1. The largest absolute Gasteiger partial charge is 0.416 e. The van der Waals surface area contributed by atoms with Gasteiger partial charge in [0.1, 0.15) is 0 Å². The van der Waals surface area contributed by atoms with E-state index < -0.39 is 11.7 Å². The van der Waals surface area contributed by atoms with Crippen LogP contribution < -0.4 is 5.32 Å². The van der Waals surface area contributed by atoms with Crippen molar-refractivity contribution in [3.05, 3.63) is 71.3 Å². The third-order valence-corrected chi connectivity index (χ3v) is 4.15. The van der Waals surface area contributed by atoms with Crippen LogP contribution >= 0.6 is 0 Å². The lowest BCUT2D eigenvalue weighted by Gasteiger charge is -2.07. The summed E-state index contributed by atoms with van der Waals surface area (Å²) in [5.41, 5.74) is 0.975. The average Bonchev–Trinajstić information content (AvgIpc) is 3.40. The van der Waals surface area contributed by atoms with Gasteiger partial charge in [-0.05, 0) is 42.2 Å². The quantitative estimate of drug-likeness (QED) is 0.840. The lowest BCUT2D eigenvalue weighted by Crippen LogP contribution is -2.25. The molecule has 1 saturated carbocycles. The van der Waals surface area contributed by atoms with Crippen LogP contribution in [0.2, 0.25) is 0 Å². The number of amides is 1. The Balaban J connectivity index is 1.50. The van der Waals surface area contributed by atoms with E-state index in [2.05, 4.69) is 17.2 Å². The smallest absolute Gasteiger partial charge is 0.345 e. The Bertz CT molecular complexity index is 801. The number of alkyl halides is 3. The van der Waals surface area contributed by atoms with E-state index in [1.54, 1.807) is 0 Å². The lowest BCUT2D eigenvalue weighted by molar-refractivity contribution is -0.137. The molecule has 5 heteroatoms. The molecule has 128 valence electrons. The molecule has 25 heavy (non-hydrogen) atoms. The van der Waals surface area contributed by atoms with E-state index in [4.69, 9.17) is 0 Å². The number of carbonyl (C=O) groups is 1. The number of rotatable bonds is 3. The fraction of sp³-hybridized carbons (Fsp3) is 0.250. The van der Waals surface area contributed by atoms with Gasteiger partial charge in [-0.3, -0.25) is 4.79 Å². The van der Waals surface area contributed by atoms with Gasteiger partial charge in [0.2, 0.25) is 5.91 Å². The van der Waals surface area contributed by atoms with Crippen molar-refractivity contribution in [2.75, 3.05) is 6.54 Å². The van der Waals surface area contributed by atoms with Crippen LogP contribution in [0.3, 0.4) is 0 Å². The summed E-state index contributed by atoms with van der Waals surface area (Å²) in [6.45, 7) is 0.254. The first-order valence-electron chi connectivity index (χ1n) is 7.94. The van der Waals surface area contributed by atoms with E-state index in [9.17, 15) is 18.0 Å². The highest BCUT2D eigenvalue weighted by molar-refractivity contribution is 5.83. The summed E-state index contributed by atoms with van der Waals surface area (Å²) < 4.78 is 37.7. The molecule has 1 aliphatic carbocycles. The van der Waals surface area contributed by atoms with Crippen LogP contribution in [-0.2, 0) is 11.0 Å². The second-order valence-corrected chi connectivity index (χ2v) is 5.95. The standard InChI is InChI=1S/C20H16F3NO/c21-20(22,23)16-10-8-15(9-11-16)17-13-18(17)19(25)24-12-4-7-14-5-2-1-3-6-14/h1-3,5-6,8-11,17-18H,12-13H2,(H,24,25). The fourth-order valence-electron chi connectivity index (χ4n) is 2.70. The first-order valence-corrected chi connectivity index (χ1v) is 7.94. The number of halogens is 3.